The highest BCUT2D eigenvalue weighted by molar-refractivity contribution is 7.88. The van der Waals surface area contributed by atoms with Crippen LogP contribution in [0, 0.1) is 12.8 Å². The van der Waals surface area contributed by atoms with Gasteiger partial charge in [-0.05, 0) is 37.8 Å². The van der Waals surface area contributed by atoms with Gasteiger partial charge in [0.05, 0.1) is 11.1 Å². The highest BCUT2D eigenvalue weighted by Crippen LogP contribution is 2.39. The number of likely N-dealkylation sites (tertiary alicyclic amines) is 1. The number of carbonyl (C=O) groups excluding carboxylic acids is 1. The molecule has 0 spiro atoms. The average Bonchev–Trinajstić information content (AvgIpc) is 3.00. The molecule has 5 nitrogen and oxygen atoms in total. The van der Waals surface area contributed by atoms with Crippen molar-refractivity contribution in [1.82, 2.24) is 9.62 Å². The maximum atomic E-state index is 12.5. The van der Waals surface area contributed by atoms with E-state index in [0.717, 1.165) is 29.1 Å². The van der Waals surface area contributed by atoms with Crippen LogP contribution in [0.4, 0.5) is 0 Å². The summed E-state index contributed by atoms with van der Waals surface area (Å²) in [6.07, 6.45) is 2.92. The number of thiophene rings is 1. The van der Waals surface area contributed by atoms with Crippen molar-refractivity contribution in [3.63, 3.8) is 0 Å². The van der Waals surface area contributed by atoms with Crippen LogP contribution in [0.5, 0.6) is 0 Å². The predicted octanol–water partition coefficient (Wildman–Crippen LogP) is 1.21. The Bertz CT molecular complexity index is 638. The summed E-state index contributed by atoms with van der Waals surface area (Å²) in [5.74, 6) is 0.458. The van der Waals surface area contributed by atoms with E-state index in [0.29, 0.717) is 5.92 Å². The lowest BCUT2D eigenvalue weighted by Crippen LogP contribution is -2.51. The van der Waals surface area contributed by atoms with E-state index < -0.39 is 10.0 Å². The van der Waals surface area contributed by atoms with Crippen molar-refractivity contribution in [3.8, 4) is 0 Å². The zero-order chi connectivity index (χ0) is 14.5. The van der Waals surface area contributed by atoms with Gasteiger partial charge in [-0.25, -0.2) is 13.1 Å². The number of fused-ring (bicyclic) bond motifs is 2. The van der Waals surface area contributed by atoms with Crippen LogP contribution in [-0.2, 0) is 10.0 Å². The zero-order valence-electron chi connectivity index (χ0n) is 11.5. The van der Waals surface area contributed by atoms with E-state index in [1.165, 1.54) is 17.6 Å². The lowest BCUT2D eigenvalue weighted by Gasteiger charge is -2.33. The van der Waals surface area contributed by atoms with Crippen molar-refractivity contribution in [2.24, 2.45) is 5.92 Å². The molecule has 1 saturated carbocycles. The maximum absolute atomic E-state index is 12.5. The van der Waals surface area contributed by atoms with Crippen molar-refractivity contribution >= 4 is 27.3 Å². The van der Waals surface area contributed by atoms with Crippen molar-refractivity contribution in [1.29, 1.82) is 0 Å². The number of rotatable bonds is 3. The van der Waals surface area contributed by atoms with Crippen molar-refractivity contribution in [2.45, 2.75) is 31.8 Å². The van der Waals surface area contributed by atoms with Crippen LogP contribution in [-0.4, -0.2) is 44.1 Å². The van der Waals surface area contributed by atoms with Gasteiger partial charge in [0, 0.05) is 23.5 Å². The second-order valence-corrected chi connectivity index (χ2v) is 8.84. The number of amides is 1. The van der Waals surface area contributed by atoms with E-state index in [4.69, 9.17) is 0 Å². The van der Waals surface area contributed by atoms with Gasteiger partial charge in [0.25, 0.3) is 5.91 Å². The molecule has 1 N–H and O–H groups in total. The monoisotopic (exact) mass is 314 g/mol. The highest BCUT2D eigenvalue weighted by Gasteiger charge is 2.47. The largest absolute Gasteiger partial charge is 0.333 e. The molecule has 2 bridgehead atoms. The third-order valence-electron chi connectivity index (χ3n) is 4.06. The lowest BCUT2D eigenvalue weighted by atomic mass is 10.1. The van der Waals surface area contributed by atoms with E-state index in [-0.39, 0.29) is 18.0 Å². The zero-order valence-corrected chi connectivity index (χ0v) is 13.1. The molecule has 1 aliphatic heterocycles. The van der Waals surface area contributed by atoms with Gasteiger partial charge in [-0.3, -0.25) is 4.79 Å². The highest BCUT2D eigenvalue weighted by atomic mass is 32.2. The lowest BCUT2D eigenvalue weighted by molar-refractivity contribution is 0.0683. The number of aryl methyl sites for hydroxylation is 1. The van der Waals surface area contributed by atoms with Gasteiger partial charge in [-0.15, -0.1) is 11.3 Å². The molecular weight excluding hydrogens is 296 g/mol. The van der Waals surface area contributed by atoms with E-state index in [1.54, 1.807) is 0 Å². The fourth-order valence-corrected chi connectivity index (χ4v) is 4.98. The quantitative estimate of drug-likeness (QED) is 0.912. The minimum atomic E-state index is -3.23. The van der Waals surface area contributed by atoms with E-state index in [9.17, 15) is 13.2 Å². The van der Waals surface area contributed by atoms with Crippen LogP contribution in [0.2, 0.25) is 0 Å². The van der Waals surface area contributed by atoms with Crippen LogP contribution >= 0.6 is 11.3 Å². The number of piperidine rings is 1. The van der Waals surface area contributed by atoms with Gasteiger partial charge >= 0.3 is 0 Å². The number of nitrogens with one attached hydrogen (secondary N) is 1. The first-order chi connectivity index (χ1) is 9.33. The second kappa shape index (κ2) is 4.82. The van der Waals surface area contributed by atoms with Crippen LogP contribution in [0.3, 0.4) is 0 Å². The Kier molecular flexibility index (Phi) is 3.38. The summed E-state index contributed by atoms with van der Waals surface area (Å²) >= 11 is 1.49. The molecule has 0 aromatic carbocycles. The molecule has 2 fully saturated rings. The SMILES string of the molecule is Cc1ccc(C(=O)N2C[C@@H]3C[C@H](NS(C)(=O)=O)[C@H]2C3)s1. The molecule has 1 aliphatic carbocycles. The molecule has 3 rings (SSSR count). The molecule has 3 atom stereocenters. The fraction of sp³-hybridized carbons (Fsp3) is 0.615. The topological polar surface area (TPSA) is 66.5 Å². The molecule has 0 unspecified atom stereocenters. The third kappa shape index (κ3) is 2.62. The molecule has 1 amide bonds. The normalized spacial score (nSPS) is 29.1. The van der Waals surface area contributed by atoms with Crippen molar-refractivity contribution in [2.75, 3.05) is 12.8 Å². The molecule has 1 aromatic heterocycles. The van der Waals surface area contributed by atoms with Crippen molar-refractivity contribution in [3.05, 3.63) is 21.9 Å². The Morgan fingerprint density at radius 1 is 1.40 bits per heavy atom. The van der Waals surface area contributed by atoms with Crippen LogP contribution in [0.15, 0.2) is 12.1 Å². The summed E-state index contributed by atoms with van der Waals surface area (Å²) in [6, 6.07) is 3.67. The molecule has 0 radical (unpaired) electrons. The number of carbonyl (C=O) groups is 1. The molecule has 1 aromatic rings. The van der Waals surface area contributed by atoms with Crippen LogP contribution < -0.4 is 4.72 Å². The summed E-state index contributed by atoms with van der Waals surface area (Å²) in [6.45, 7) is 2.73. The number of nitrogens with zero attached hydrogens (tertiary/aromatic N) is 1. The van der Waals surface area contributed by atoms with Gasteiger partial charge in [-0.2, -0.15) is 0 Å². The number of hydrogen-bond donors (Lipinski definition) is 1. The van der Waals surface area contributed by atoms with Gasteiger partial charge in [0.15, 0.2) is 0 Å². The first-order valence-electron chi connectivity index (χ1n) is 6.68. The summed E-state index contributed by atoms with van der Waals surface area (Å²) in [5.41, 5.74) is 0. The summed E-state index contributed by atoms with van der Waals surface area (Å²) in [7, 11) is -3.23. The summed E-state index contributed by atoms with van der Waals surface area (Å²) in [4.78, 5) is 16.2. The number of hydrogen-bond acceptors (Lipinski definition) is 4. The molecule has 1 saturated heterocycles. The fourth-order valence-electron chi connectivity index (χ4n) is 3.35. The van der Waals surface area contributed by atoms with Crippen LogP contribution in [0.25, 0.3) is 0 Å². The Morgan fingerprint density at radius 3 is 2.70 bits per heavy atom. The van der Waals surface area contributed by atoms with E-state index in [1.807, 2.05) is 24.0 Å². The molecule has 2 aliphatic rings. The van der Waals surface area contributed by atoms with Crippen LogP contribution in [0.1, 0.15) is 27.4 Å². The Labute approximate surface area is 123 Å². The Morgan fingerprint density at radius 2 is 2.15 bits per heavy atom. The second-order valence-electron chi connectivity index (χ2n) is 5.77. The molecule has 7 heteroatoms. The predicted molar refractivity (Wildman–Crippen MR) is 78.4 cm³/mol. The summed E-state index contributed by atoms with van der Waals surface area (Å²) in [5, 5.41) is 0. The Hall–Kier alpha value is -0.920. The third-order valence-corrected chi connectivity index (χ3v) is 5.78. The smallest absolute Gasteiger partial charge is 0.264 e. The Balaban J connectivity index is 1.77. The first-order valence-corrected chi connectivity index (χ1v) is 9.39. The minimum absolute atomic E-state index is 0.00429. The standard InChI is InChI=1S/C13H18N2O3S2/c1-8-3-4-12(19-8)13(16)15-7-9-5-10(11(15)6-9)14-20(2,17)18/h3-4,9-11,14H,5-7H2,1-2H3/t9-,10+,11-/m1/s1. The average molecular weight is 314 g/mol. The van der Waals surface area contributed by atoms with Crippen molar-refractivity contribution < 1.29 is 13.2 Å². The number of sulfonamides is 1. The molecule has 2 heterocycles. The molecule has 20 heavy (non-hydrogen) atoms. The van der Waals surface area contributed by atoms with Gasteiger partial charge in [0.1, 0.15) is 0 Å². The van der Waals surface area contributed by atoms with E-state index >= 15 is 0 Å². The maximum Gasteiger partial charge on any atom is 0.264 e. The summed E-state index contributed by atoms with van der Waals surface area (Å²) < 4.78 is 25.5. The minimum Gasteiger partial charge on any atom is -0.333 e. The molecule has 110 valence electrons. The molecular formula is C13H18N2O3S2. The first kappa shape index (κ1) is 14.0. The van der Waals surface area contributed by atoms with E-state index in [2.05, 4.69) is 4.72 Å². The van der Waals surface area contributed by atoms with Gasteiger partial charge in [0.2, 0.25) is 10.0 Å². The van der Waals surface area contributed by atoms with Gasteiger partial charge in [-0.1, -0.05) is 0 Å². The van der Waals surface area contributed by atoms with Gasteiger partial charge < -0.3 is 4.90 Å².